The van der Waals surface area contributed by atoms with Gasteiger partial charge in [-0.05, 0) is 43.0 Å². The minimum atomic E-state index is 0.847. The highest BCUT2D eigenvalue weighted by molar-refractivity contribution is 5.40. The summed E-state index contributed by atoms with van der Waals surface area (Å²) < 4.78 is 0. The summed E-state index contributed by atoms with van der Waals surface area (Å²) in [5.74, 6) is 0.847. The highest BCUT2D eigenvalue weighted by Gasteiger charge is 2.15. The third-order valence-electron chi connectivity index (χ3n) is 3.10. The van der Waals surface area contributed by atoms with E-state index < -0.39 is 0 Å². The van der Waals surface area contributed by atoms with E-state index in [0.29, 0.717) is 0 Å². The molecule has 1 aromatic rings. The van der Waals surface area contributed by atoms with Crippen molar-refractivity contribution in [3.8, 4) is 0 Å². The van der Waals surface area contributed by atoms with Gasteiger partial charge in [-0.1, -0.05) is 19.1 Å². The Labute approximate surface area is 92.1 Å². The average molecular weight is 204 g/mol. The highest BCUT2D eigenvalue weighted by atomic mass is 15.1. The molecule has 1 atom stereocenters. The zero-order valence-corrected chi connectivity index (χ0v) is 9.45. The van der Waals surface area contributed by atoms with E-state index in [0.717, 1.165) is 18.2 Å². The first-order chi connectivity index (χ1) is 7.24. The molecule has 82 valence electrons. The molecule has 1 fully saturated rings. The Morgan fingerprint density at radius 3 is 3.07 bits per heavy atom. The van der Waals surface area contributed by atoms with Gasteiger partial charge in [-0.15, -0.1) is 0 Å². The first kappa shape index (κ1) is 10.5. The van der Waals surface area contributed by atoms with Gasteiger partial charge in [-0.25, -0.2) is 0 Å². The standard InChI is InChI=1S/C13H20N2/c1-11-4-3-7-15(9-11)10-12-5-2-6-13(14)8-12/h2,5-6,8,11H,3-4,7,9-10,14H2,1H3/t11-/m1/s1. The normalized spacial score (nSPS) is 22.9. The summed E-state index contributed by atoms with van der Waals surface area (Å²) in [5.41, 5.74) is 7.98. The highest BCUT2D eigenvalue weighted by Crippen LogP contribution is 2.18. The average Bonchev–Trinajstić information content (AvgIpc) is 2.17. The maximum atomic E-state index is 5.77. The molecule has 0 unspecified atom stereocenters. The fraction of sp³-hybridized carbons (Fsp3) is 0.538. The molecule has 2 heteroatoms. The van der Waals surface area contributed by atoms with Crippen molar-refractivity contribution in [1.29, 1.82) is 0 Å². The number of nitrogens with two attached hydrogens (primary N) is 1. The van der Waals surface area contributed by atoms with E-state index in [4.69, 9.17) is 5.73 Å². The number of rotatable bonds is 2. The van der Waals surface area contributed by atoms with E-state index in [2.05, 4.69) is 24.0 Å². The second-order valence-corrected chi connectivity index (χ2v) is 4.73. The van der Waals surface area contributed by atoms with Crippen LogP contribution in [0.2, 0.25) is 0 Å². The fourth-order valence-electron chi connectivity index (χ4n) is 2.38. The quantitative estimate of drug-likeness (QED) is 0.750. The lowest BCUT2D eigenvalue weighted by Crippen LogP contribution is -2.33. The molecule has 2 nitrogen and oxygen atoms in total. The molecule has 0 saturated carbocycles. The van der Waals surface area contributed by atoms with Gasteiger partial charge in [0, 0.05) is 18.8 Å². The predicted molar refractivity (Wildman–Crippen MR) is 64.5 cm³/mol. The number of nitrogens with zero attached hydrogens (tertiary/aromatic N) is 1. The van der Waals surface area contributed by atoms with Crippen molar-refractivity contribution in [2.45, 2.75) is 26.3 Å². The monoisotopic (exact) mass is 204 g/mol. The van der Waals surface area contributed by atoms with E-state index in [9.17, 15) is 0 Å². The summed E-state index contributed by atoms with van der Waals surface area (Å²) in [7, 11) is 0. The van der Waals surface area contributed by atoms with Gasteiger partial charge in [0.2, 0.25) is 0 Å². The third-order valence-corrected chi connectivity index (χ3v) is 3.10. The number of anilines is 1. The molecule has 1 heterocycles. The van der Waals surface area contributed by atoms with Crippen LogP contribution in [0.3, 0.4) is 0 Å². The number of hydrogen-bond donors (Lipinski definition) is 1. The Balaban J connectivity index is 1.96. The summed E-state index contributed by atoms with van der Waals surface area (Å²) in [4.78, 5) is 2.53. The molecule has 0 radical (unpaired) electrons. The van der Waals surface area contributed by atoms with Gasteiger partial charge in [-0.3, -0.25) is 4.90 Å². The smallest absolute Gasteiger partial charge is 0.0317 e. The molecule has 15 heavy (non-hydrogen) atoms. The Bertz CT molecular complexity index is 322. The number of hydrogen-bond acceptors (Lipinski definition) is 2. The maximum Gasteiger partial charge on any atom is 0.0317 e. The van der Waals surface area contributed by atoms with E-state index >= 15 is 0 Å². The van der Waals surface area contributed by atoms with E-state index in [1.165, 1.54) is 31.5 Å². The molecule has 1 aliphatic heterocycles. The maximum absolute atomic E-state index is 5.77. The number of likely N-dealkylation sites (tertiary alicyclic amines) is 1. The van der Waals surface area contributed by atoms with Gasteiger partial charge in [0.05, 0.1) is 0 Å². The Morgan fingerprint density at radius 2 is 2.33 bits per heavy atom. The second kappa shape index (κ2) is 4.67. The molecule has 1 aliphatic rings. The van der Waals surface area contributed by atoms with Crippen LogP contribution in [-0.2, 0) is 6.54 Å². The van der Waals surface area contributed by atoms with Crippen molar-refractivity contribution in [3.05, 3.63) is 29.8 Å². The van der Waals surface area contributed by atoms with Crippen LogP contribution >= 0.6 is 0 Å². The lowest BCUT2D eigenvalue weighted by molar-refractivity contribution is 0.176. The Morgan fingerprint density at radius 1 is 1.47 bits per heavy atom. The lowest BCUT2D eigenvalue weighted by atomic mass is 10.00. The molecular weight excluding hydrogens is 184 g/mol. The van der Waals surface area contributed by atoms with Crippen LogP contribution in [0, 0.1) is 5.92 Å². The van der Waals surface area contributed by atoms with Crippen molar-refractivity contribution in [2.24, 2.45) is 5.92 Å². The van der Waals surface area contributed by atoms with Gasteiger partial charge in [0.25, 0.3) is 0 Å². The largest absolute Gasteiger partial charge is 0.399 e. The molecule has 1 saturated heterocycles. The lowest BCUT2D eigenvalue weighted by Gasteiger charge is -2.30. The van der Waals surface area contributed by atoms with E-state index in [1.54, 1.807) is 0 Å². The molecule has 0 aromatic heterocycles. The van der Waals surface area contributed by atoms with Crippen LogP contribution in [0.1, 0.15) is 25.3 Å². The fourth-order valence-corrected chi connectivity index (χ4v) is 2.38. The first-order valence-corrected chi connectivity index (χ1v) is 5.81. The summed E-state index contributed by atoms with van der Waals surface area (Å²) in [6.45, 7) is 5.86. The first-order valence-electron chi connectivity index (χ1n) is 5.81. The van der Waals surface area contributed by atoms with Crippen LogP contribution in [0.15, 0.2) is 24.3 Å². The van der Waals surface area contributed by atoms with Crippen LogP contribution in [0.5, 0.6) is 0 Å². The molecule has 0 amide bonds. The van der Waals surface area contributed by atoms with Crippen molar-refractivity contribution in [3.63, 3.8) is 0 Å². The van der Waals surface area contributed by atoms with Gasteiger partial charge < -0.3 is 5.73 Å². The molecule has 2 N–H and O–H groups in total. The summed E-state index contributed by atoms with van der Waals surface area (Å²) in [6.07, 6.45) is 2.72. The van der Waals surface area contributed by atoms with Gasteiger partial charge in [-0.2, -0.15) is 0 Å². The molecule has 0 bridgehead atoms. The van der Waals surface area contributed by atoms with Crippen LogP contribution < -0.4 is 5.73 Å². The molecule has 0 aliphatic carbocycles. The van der Waals surface area contributed by atoms with Crippen molar-refractivity contribution in [1.82, 2.24) is 4.90 Å². The molecule has 0 spiro atoms. The van der Waals surface area contributed by atoms with Crippen molar-refractivity contribution >= 4 is 5.69 Å². The van der Waals surface area contributed by atoms with E-state index in [1.807, 2.05) is 12.1 Å². The van der Waals surface area contributed by atoms with Gasteiger partial charge in [0.1, 0.15) is 0 Å². The van der Waals surface area contributed by atoms with Gasteiger partial charge in [0.15, 0.2) is 0 Å². The van der Waals surface area contributed by atoms with Crippen molar-refractivity contribution in [2.75, 3.05) is 18.8 Å². The minimum absolute atomic E-state index is 0.847. The molecule has 2 rings (SSSR count). The van der Waals surface area contributed by atoms with Crippen molar-refractivity contribution < 1.29 is 0 Å². The third kappa shape index (κ3) is 2.96. The predicted octanol–water partition coefficient (Wildman–Crippen LogP) is 2.50. The summed E-state index contributed by atoms with van der Waals surface area (Å²) in [6, 6.07) is 8.23. The topological polar surface area (TPSA) is 29.3 Å². The van der Waals surface area contributed by atoms with Crippen LogP contribution in [0.25, 0.3) is 0 Å². The molecule has 1 aromatic carbocycles. The van der Waals surface area contributed by atoms with Crippen LogP contribution in [0.4, 0.5) is 5.69 Å². The minimum Gasteiger partial charge on any atom is -0.399 e. The summed E-state index contributed by atoms with van der Waals surface area (Å²) >= 11 is 0. The Kier molecular flexibility index (Phi) is 3.27. The number of nitrogen functional groups attached to an aromatic ring is 1. The zero-order valence-electron chi connectivity index (χ0n) is 9.45. The van der Waals surface area contributed by atoms with Crippen LogP contribution in [-0.4, -0.2) is 18.0 Å². The Hall–Kier alpha value is -1.02. The second-order valence-electron chi connectivity index (χ2n) is 4.73. The zero-order chi connectivity index (χ0) is 10.7. The molecular formula is C13H20N2. The number of benzene rings is 1. The number of piperidine rings is 1. The van der Waals surface area contributed by atoms with Gasteiger partial charge >= 0.3 is 0 Å². The van der Waals surface area contributed by atoms with E-state index in [-0.39, 0.29) is 0 Å². The SMILES string of the molecule is C[C@@H]1CCCN(Cc2cccc(N)c2)C1. The summed E-state index contributed by atoms with van der Waals surface area (Å²) in [5, 5.41) is 0.